The van der Waals surface area contributed by atoms with Crippen molar-refractivity contribution in [2.24, 2.45) is 0 Å². The predicted molar refractivity (Wildman–Crippen MR) is 91.6 cm³/mol. The molecule has 1 aromatic carbocycles. The van der Waals surface area contributed by atoms with E-state index in [4.69, 9.17) is 9.05 Å². The number of aryl methyl sites for hydroxylation is 1. The lowest BCUT2D eigenvalue weighted by molar-refractivity contribution is -0.456. The largest absolute Gasteiger partial charge is 0.436 e. The number of nitrogens with zero attached hydrogens (tertiary/aromatic N) is 1. The van der Waals surface area contributed by atoms with Crippen molar-refractivity contribution in [3.63, 3.8) is 0 Å². The Labute approximate surface area is 136 Å². The SMILES string of the molecule is C/C=C(/COP(NC)Oc1ccc(CC)cc1)SC[N+](=O)[O-]. The number of nitrogens with one attached hydrogen (secondary N) is 1. The molecule has 6 nitrogen and oxygen atoms in total. The van der Waals surface area contributed by atoms with E-state index in [1.54, 1.807) is 7.05 Å². The van der Waals surface area contributed by atoms with Crippen LogP contribution in [0.2, 0.25) is 0 Å². The van der Waals surface area contributed by atoms with Crippen molar-refractivity contribution in [3.8, 4) is 5.75 Å². The molecule has 1 atom stereocenters. The van der Waals surface area contributed by atoms with Crippen molar-refractivity contribution in [1.82, 2.24) is 5.09 Å². The molecule has 122 valence electrons. The van der Waals surface area contributed by atoms with Gasteiger partial charge in [0.1, 0.15) is 5.75 Å². The van der Waals surface area contributed by atoms with E-state index in [0.29, 0.717) is 0 Å². The lowest BCUT2D eigenvalue weighted by Crippen LogP contribution is -2.08. The summed E-state index contributed by atoms with van der Waals surface area (Å²) in [5, 5.41) is 13.4. The van der Waals surface area contributed by atoms with Gasteiger partial charge in [-0.25, -0.2) is 5.09 Å². The Kier molecular flexibility index (Phi) is 9.08. The van der Waals surface area contributed by atoms with Crippen LogP contribution in [0, 0.1) is 10.1 Å². The molecule has 0 saturated carbocycles. The smallest absolute Gasteiger partial charge is 0.318 e. The first-order chi connectivity index (χ1) is 10.6. The van der Waals surface area contributed by atoms with Gasteiger partial charge in [-0.05, 0) is 38.1 Å². The summed E-state index contributed by atoms with van der Waals surface area (Å²) in [5.74, 6) is 0.567. The summed E-state index contributed by atoms with van der Waals surface area (Å²) in [7, 11) is 0.469. The average Bonchev–Trinajstić information content (AvgIpc) is 2.54. The molecular formula is C14H21N2O4PS. The highest BCUT2D eigenvalue weighted by Crippen LogP contribution is 2.36. The molecule has 0 saturated heterocycles. The van der Waals surface area contributed by atoms with Gasteiger partial charge in [0.25, 0.3) is 5.88 Å². The third-order valence-electron chi connectivity index (χ3n) is 2.70. The second-order valence-electron chi connectivity index (χ2n) is 4.20. The fraction of sp³-hybridized carbons (Fsp3) is 0.429. The van der Waals surface area contributed by atoms with Crippen LogP contribution in [0.25, 0.3) is 0 Å². The third-order valence-corrected chi connectivity index (χ3v) is 4.87. The van der Waals surface area contributed by atoms with Crippen LogP contribution in [0.3, 0.4) is 0 Å². The minimum Gasteiger partial charge on any atom is -0.436 e. The Morgan fingerprint density at radius 2 is 2.14 bits per heavy atom. The van der Waals surface area contributed by atoms with E-state index < -0.39 is 8.53 Å². The molecule has 0 aromatic heterocycles. The van der Waals surface area contributed by atoms with Crippen LogP contribution in [0.4, 0.5) is 0 Å². The van der Waals surface area contributed by atoms with E-state index in [1.807, 2.05) is 37.3 Å². The molecule has 0 aliphatic carbocycles. The summed E-state index contributed by atoms with van der Waals surface area (Å²) in [6, 6.07) is 7.85. The first-order valence-electron chi connectivity index (χ1n) is 6.86. The summed E-state index contributed by atoms with van der Waals surface area (Å²) in [6.07, 6.45) is 2.79. The van der Waals surface area contributed by atoms with Crippen LogP contribution in [-0.2, 0) is 10.9 Å². The topological polar surface area (TPSA) is 73.6 Å². The molecule has 0 aliphatic heterocycles. The van der Waals surface area contributed by atoms with Crippen LogP contribution in [0.5, 0.6) is 5.75 Å². The Bertz CT molecular complexity index is 496. The van der Waals surface area contributed by atoms with Crippen molar-refractivity contribution in [1.29, 1.82) is 0 Å². The molecule has 0 fully saturated rings. The Balaban J connectivity index is 2.48. The number of rotatable bonds is 10. The Hall–Kier alpha value is -1.14. The lowest BCUT2D eigenvalue weighted by atomic mass is 10.2. The molecule has 1 N–H and O–H groups in total. The summed E-state index contributed by atoms with van der Waals surface area (Å²) in [4.78, 5) is 10.8. The van der Waals surface area contributed by atoms with Gasteiger partial charge < -0.3 is 9.05 Å². The molecule has 1 rings (SSSR count). The van der Waals surface area contributed by atoms with Crippen LogP contribution in [-0.4, -0.2) is 24.5 Å². The van der Waals surface area contributed by atoms with E-state index in [-0.39, 0.29) is 17.4 Å². The molecule has 0 radical (unpaired) electrons. The highest BCUT2D eigenvalue weighted by Gasteiger charge is 2.12. The monoisotopic (exact) mass is 344 g/mol. The third kappa shape index (κ3) is 7.22. The molecule has 8 heteroatoms. The summed E-state index contributed by atoms with van der Waals surface area (Å²) in [6.45, 7) is 4.22. The van der Waals surface area contributed by atoms with Gasteiger partial charge in [-0.15, -0.1) is 0 Å². The van der Waals surface area contributed by atoms with Gasteiger partial charge in [-0.1, -0.05) is 36.9 Å². The molecule has 0 bridgehead atoms. The second-order valence-corrected chi connectivity index (χ2v) is 6.68. The van der Waals surface area contributed by atoms with Crippen LogP contribution >= 0.6 is 20.3 Å². The molecule has 0 heterocycles. The van der Waals surface area contributed by atoms with Crippen molar-refractivity contribution < 1.29 is 14.0 Å². The first kappa shape index (κ1) is 18.9. The van der Waals surface area contributed by atoms with Crippen molar-refractivity contribution in [2.45, 2.75) is 20.3 Å². The highest BCUT2D eigenvalue weighted by molar-refractivity contribution is 8.02. The van der Waals surface area contributed by atoms with Crippen molar-refractivity contribution >= 4 is 20.3 Å². The molecule has 0 spiro atoms. The summed E-state index contributed by atoms with van der Waals surface area (Å²) in [5.41, 5.74) is 1.24. The van der Waals surface area contributed by atoms with Crippen molar-refractivity contribution in [2.75, 3.05) is 19.5 Å². The van der Waals surface area contributed by atoms with Crippen LogP contribution in [0.15, 0.2) is 35.2 Å². The fourth-order valence-electron chi connectivity index (χ4n) is 1.48. The molecule has 0 aliphatic rings. The van der Waals surface area contributed by atoms with E-state index in [2.05, 4.69) is 12.0 Å². The number of benzene rings is 1. The number of hydrogen-bond acceptors (Lipinski definition) is 6. The zero-order valence-electron chi connectivity index (χ0n) is 12.9. The summed E-state index contributed by atoms with van der Waals surface area (Å²) >= 11 is 1.16. The standard InChI is InChI=1S/C14H21N2O4PS/c1-4-12-6-8-13(9-7-12)20-21(15-3)19-10-14(5-2)22-11-16(17)18/h5-9,15H,4,10-11H2,1-3H3/b14-5-. The number of allylic oxidation sites excluding steroid dienone is 1. The van der Waals surface area contributed by atoms with Crippen LogP contribution in [0.1, 0.15) is 19.4 Å². The minimum atomic E-state index is -1.29. The van der Waals surface area contributed by atoms with Gasteiger partial charge in [0.2, 0.25) is 0 Å². The zero-order valence-corrected chi connectivity index (χ0v) is 14.7. The quantitative estimate of drug-likeness (QED) is 0.300. The lowest BCUT2D eigenvalue weighted by Gasteiger charge is -2.17. The molecule has 1 aromatic rings. The number of nitro groups is 1. The maximum atomic E-state index is 10.4. The molecular weight excluding hydrogens is 323 g/mol. The van der Waals surface area contributed by atoms with Crippen molar-refractivity contribution in [3.05, 3.63) is 50.9 Å². The van der Waals surface area contributed by atoms with Crippen LogP contribution < -0.4 is 9.61 Å². The van der Waals surface area contributed by atoms with Gasteiger partial charge in [0, 0.05) is 9.83 Å². The minimum absolute atomic E-state index is 0.167. The summed E-state index contributed by atoms with van der Waals surface area (Å²) < 4.78 is 11.4. The highest BCUT2D eigenvalue weighted by atomic mass is 32.2. The van der Waals surface area contributed by atoms with E-state index >= 15 is 0 Å². The molecule has 1 unspecified atom stereocenters. The molecule has 22 heavy (non-hydrogen) atoms. The van der Waals surface area contributed by atoms with Gasteiger partial charge >= 0.3 is 8.53 Å². The van der Waals surface area contributed by atoms with E-state index in [0.717, 1.165) is 28.8 Å². The van der Waals surface area contributed by atoms with Gasteiger partial charge in [0.05, 0.1) is 6.61 Å². The maximum absolute atomic E-state index is 10.4. The number of hydrogen-bond donors (Lipinski definition) is 1. The second kappa shape index (κ2) is 10.6. The number of thioether (sulfide) groups is 1. The van der Waals surface area contributed by atoms with E-state index in [9.17, 15) is 10.1 Å². The predicted octanol–water partition coefficient (Wildman–Crippen LogP) is 3.96. The van der Waals surface area contributed by atoms with Gasteiger partial charge in [-0.3, -0.25) is 10.1 Å². The van der Waals surface area contributed by atoms with E-state index in [1.165, 1.54) is 5.56 Å². The normalized spacial score (nSPS) is 13.0. The molecule has 0 amide bonds. The Morgan fingerprint density at radius 3 is 2.64 bits per heavy atom. The van der Waals surface area contributed by atoms with Gasteiger partial charge in [-0.2, -0.15) is 0 Å². The average molecular weight is 344 g/mol. The van der Waals surface area contributed by atoms with Gasteiger partial charge in [0.15, 0.2) is 0 Å². The first-order valence-corrected chi connectivity index (χ1v) is 9.02. The maximum Gasteiger partial charge on any atom is 0.318 e. The zero-order chi connectivity index (χ0) is 16.4. The fourth-order valence-corrected chi connectivity index (χ4v) is 2.99. The Morgan fingerprint density at radius 1 is 1.45 bits per heavy atom.